The topological polar surface area (TPSA) is 88.9 Å². The van der Waals surface area contributed by atoms with E-state index in [0.29, 0.717) is 16.9 Å². The third-order valence-electron chi connectivity index (χ3n) is 5.10. The number of rotatable bonds is 8. The van der Waals surface area contributed by atoms with Crippen molar-refractivity contribution in [2.45, 2.75) is 45.2 Å². The molecule has 0 atom stereocenters. The third kappa shape index (κ3) is 6.20. The Morgan fingerprint density at radius 1 is 1.00 bits per heavy atom. The molecular formula is C24H29N5O2S. The molecule has 2 amide bonds. The summed E-state index contributed by atoms with van der Waals surface area (Å²) in [4.78, 5) is 24.8. The van der Waals surface area contributed by atoms with Crippen LogP contribution < -0.4 is 10.6 Å². The lowest BCUT2D eigenvalue weighted by molar-refractivity contribution is -0.116. The zero-order valence-corrected chi connectivity index (χ0v) is 19.9. The highest BCUT2D eigenvalue weighted by Crippen LogP contribution is 2.20. The first-order chi connectivity index (χ1) is 15.2. The Labute approximate surface area is 193 Å². The zero-order valence-electron chi connectivity index (χ0n) is 19.1. The van der Waals surface area contributed by atoms with Crippen molar-refractivity contribution in [2.75, 3.05) is 16.4 Å². The fraction of sp³-hybridized carbons (Fsp3) is 0.333. The van der Waals surface area contributed by atoms with E-state index in [-0.39, 0.29) is 24.0 Å². The average molecular weight is 452 g/mol. The number of hydrogen-bond acceptors (Lipinski definition) is 5. The number of thioether (sulfide) groups is 1. The second-order valence-corrected chi connectivity index (χ2v) is 9.06. The summed E-state index contributed by atoms with van der Waals surface area (Å²) < 4.78 is 1.75. The summed E-state index contributed by atoms with van der Waals surface area (Å²) in [5.41, 5.74) is 4.87. The normalized spacial score (nSPS) is 10.9. The van der Waals surface area contributed by atoms with E-state index < -0.39 is 0 Å². The van der Waals surface area contributed by atoms with Gasteiger partial charge < -0.3 is 15.2 Å². The second kappa shape index (κ2) is 10.5. The zero-order chi connectivity index (χ0) is 23.3. The number of carbonyl (C=O) groups excluding carboxylic acids is 2. The Balaban J connectivity index is 1.53. The molecule has 32 heavy (non-hydrogen) atoms. The number of aryl methyl sites for hydroxylation is 2. The average Bonchev–Trinajstić information content (AvgIpc) is 3.09. The van der Waals surface area contributed by atoms with Crippen LogP contribution in [0.5, 0.6) is 0 Å². The molecule has 0 saturated carbocycles. The standard InChI is InChI=1S/C24H29N5O2S/c1-15(2)18-8-10-19(11-9-18)25-23(31)14-32-24-28-27-21(29(24)5)13-22(30)26-20-12-16(3)6-7-17(20)4/h6-12,15H,13-14H2,1-5H3,(H,25,31)(H,26,30). The van der Waals surface area contributed by atoms with Gasteiger partial charge in [0.25, 0.3) is 0 Å². The van der Waals surface area contributed by atoms with Gasteiger partial charge in [-0.05, 0) is 54.7 Å². The maximum Gasteiger partial charge on any atom is 0.234 e. The summed E-state index contributed by atoms with van der Waals surface area (Å²) in [6, 6.07) is 13.8. The van der Waals surface area contributed by atoms with Crippen molar-refractivity contribution in [3.8, 4) is 0 Å². The molecule has 7 nitrogen and oxygen atoms in total. The van der Waals surface area contributed by atoms with Crippen LogP contribution >= 0.6 is 11.8 Å². The van der Waals surface area contributed by atoms with Crippen LogP contribution in [0.3, 0.4) is 0 Å². The van der Waals surface area contributed by atoms with Crippen LogP contribution in [0.25, 0.3) is 0 Å². The highest BCUT2D eigenvalue weighted by atomic mass is 32.2. The molecule has 1 heterocycles. The number of carbonyl (C=O) groups is 2. The highest BCUT2D eigenvalue weighted by molar-refractivity contribution is 7.99. The molecule has 0 aliphatic carbocycles. The number of anilines is 2. The van der Waals surface area contributed by atoms with Crippen molar-refractivity contribution >= 4 is 35.0 Å². The van der Waals surface area contributed by atoms with Gasteiger partial charge in [0.05, 0.1) is 12.2 Å². The molecule has 0 bridgehead atoms. The third-order valence-corrected chi connectivity index (χ3v) is 6.12. The Bertz CT molecular complexity index is 1110. The smallest absolute Gasteiger partial charge is 0.234 e. The van der Waals surface area contributed by atoms with E-state index in [0.717, 1.165) is 22.5 Å². The Kier molecular flexibility index (Phi) is 7.69. The van der Waals surface area contributed by atoms with E-state index in [9.17, 15) is 9.59 Å². The molecule has 168 valence electrons. The van der Waals surface area contributed by atoms with Gasteiger partial charge in [-0.15, -0.1) is 10.2 Å². The summed E-state index contributed by atoms with van der Waals surface area (Å²) in [5, 5.41) is 14.7. The first kappa shape index (κ1) is 23.5. The summed E-state index contributed by atoms with van der Waals surface area (Å²) in [6.45, 7) is 8.20. The number of benzene rings is 2. The van der Waals surface area contributed by atoms with Crippen molar-refractivity contribution in [3.63, 3.8) is 0 Å². The molecule has 0 fully saturated rings. The molecule has 3 rings (SSSR count). The first-order valence-electron chi connectivity index (χ1n) is 10.5. The van der Waals surface area contributed by atoms with E-state index in [1.807, 2.05) is 56.3 Å². The van der Waals surface area contributed by atoms with E-state index in [1.54, 1.807) is 11.6 Å². The van der Waals surface area contributed by atoms with E-state index >= 15 is 0 Å². The number of aromatic nitrogens is 3. The molecule has 2 N–H and O–H groups in total. The van der Waals surface area contributed by atoms with E-state index in [2.05, 4.69) is 34.7 Å². The molecule has 0 aliphatic heterocycles. The summed E-state index contributed by atoms with van der Waals surface area (Å²) >= 11 is 1.28. The maximum absolute atomic E-state index is 12.5. The quantitative estimate of drug-likeness (QED) is 0.494. The van der Waals surface area contributed by atoms with Crippen LogP contribution in [0.1, 0.15) is 42.3 Å². The number of amides is 2. The van der Waals surface area contributed by atoms with Gasteiger partial charge in [0.2, 0.25) is 11.8 Å². The maximum atomic E-state index is 12.5. The predicted octanol–water partition coefficient (Wildman–Crippen LogP) is 4.47. The van der Waals surface area contributed by atoms with Gasteiger partial charge in [0, 0.05) is 18.4 Å². The highest BCUT2D eigenvalue weighted by Gasteiger charge is 2.15. The number of nitrogens with zero attached hydrogens (tertiary/aromatic N) is 3. The number of nitrogens with one attached hydrogen (secondary N) is 2. The van der Waals surface area contributed by atoms with Gasteiger partial charge in [-0.2, -0.15) is 0 Å². The molecule has 2 aromatic carbocycles. The SMILES string of the molecule is Cc1ccc(C)c(NC(=O)Cc2nnc(SCC(=O)Nc3ccc(C(C)C)cc3)n2C)c1. The van der Waals surface area contributed by atoms with Crippen LogP contribution in [-0.2, 0) is 23.1 Å². The molecule has 0 unspecified atom stereocenters. The largest absolute Gasteiger partial charge is 0.325 e. The van der Waals surface area contributed by atoms with Crippen molar-refractivity contribution in [3.05, 3.63) is 65.0 Å². The van der Waals surface area contributed by atoms with E-state index in [1.165, 1.54) is 17.3 Å². The molecule has 0 radical (unpaired) electrons. The van der Waals surface area contributed by atoms with Gasteiger partial charge in [-0.25, -0.2) is 0 Å². The molecule has 0 spiro atoms. The van der Waals surface area contributed by atoms with E-state index in [4.69, 9.17) is 0 Å². The van der Waals surface area contributed by atoms with Crippen LogP contribution in [0, 0.1) is 13.8 Å². The summed E-state index contributed by atoms with van der Waals surface area (Å²) in [6.07, 6.45) is 0.103. The Morgan fingerprint density at radius 3 is 2.41 bits per heavy atom. The molecule has 3 aromatic rings. The van der Waals surface area contributed by atoms with Gasteiger partial charge in [0.15, 0.2) is 5.16 Å². The fourth-order valence-corrected chi connectivity index (χ4v) is 3.84. The summed E-state index contributed by atoms with van der Waals surface area (Å²) in [7, 11) is 1.80. The minimum Gasteiger partial charge on any atom is -0.325 e. The monoisotopic (exact) mass is 451 g/mol. The van der Waals surface area contributed by atoms with Gasteiger partial charge in [0.1, 0.15) is 5.82 Å². The predicted molar refractivity (Wildman–Crippen MR) is 129 cm³/mol. The first-order valence-corrected chi connectivity index (χ1v) is 11.5. The second-order valence-electron chi connectivity index (χ2n) is 8.11. The molecule has 0 saturated heterocycles. The molecular weight excluding hydrogens is 422 g/mol. The van der Waals surface area contributed by atoms with Crippen molar-refractivity contribution in [1.29, 1.82) is 0 Å². The molecule has 0 aliphatic rings. The summed E-state index contributed by atoms with van der Waals surface area (Å²) in [5.74, 6) is 0.910. The Morgan fingerprint density at radius 2 is 1.72 bits per heavy atom. The van der Waals surface area contributed by atoms with Crippen molar-refractivity contribution in [1.82, 2.24) is 14.8 Å². The lowest BCUT2D eigenvalue weighted by Gasteiger charge is -2.09. The lowest BCUT2D eigenvalue weighted by atomic mass is 10.0. The fourth-order valence-electron chi connectivity index (χ4n) is 3.11. The Hall–Kier alpha value is -3.13. The molecule has 1 aromatic heterocycles. The minimum absolute atomic E-state index is 0.103. The van der Waals surface area contributed by atoms with Crippen LogP contribution in [-0.4, -0.2) is 32.3 Å². The molecule has 8 heteroatoms. The van der Waals surface area contributed by atoms with Crippen molar-refractivity contribution < 1.29 is 9.59 Å². The van der Waals surface area contributed by atoms with Gasteiger partial charge in [-0.3, -0.25) is 9.59 Å². The lowest BCUT2D eigenvalue weighted by Crippen LogP contribution is -2.18. The van der Waals surface area contributed by atoms with Gasteiger partial charge >= 0.3 is 0 Å². The number of hydrogen-bond donors (Lipinski definition) is 2. The van der Waals surface area contributed by atoms with Crippen LogP contribution in [0.2, 0.25) is 0 Å². The van der Waals surface area contributed by atoms with Crippen molar-refractivity contribution in [2.24, 2.45) is 7.05 Å². The van der Waals surface area contributed by atoms with Gasteiger partial charge in [-0.1, -0.05) is 49.9 Å². The minimum atomic E-state index is -0.159. The van der Waals surface area contributed by atoms with Crippen LogP contribution in [0.4, 0.5) is 11.4 Å². The van der Waals surface area contributed by atoms with Crippen LogP contribution in [0.15, 0.2) is 47.6 Å².